The summed E-state index contributed by atoms with van der Waals surface area (Å²) in [5, 5.41) is 24.5. The average Bonchev–Trinajstić information content (AvgIpc) is 3.62. The van der Waals surface area contributed by atoms with Crippen molar-refractivity contribution in [3.8, 4) is 0 Å². The second-order valence-electron chi connectivity index (χ2n) is 15.1. The molecule has 8 heteroatoms. The van der Waals surface area contributed by atoms with E-state index in [0.29, 0.717) is 11.0 Å². The highest BCUT2D eigenvalue weighted by Crippen LogP contribution is 2.48. The summed E-state index contributed by atoms with van der Waals surface area (Å²) >= 11 is 0. The number of hydrogen-bond donors (Lipinski definition) is 2. The van der Waals surface area contributed by atoms with E-state index in [1.54, 1.807) is 0 Å². The fraction of sp³-hybridized carbons (Fsp3) is 0.273. The predicted molar refractivity (Wildman–Crippen MR) is 209 cm³/mol. The molecule has 2 N–H and O–H groups in total. The molecule has 1 aliphatic carbocycles. The molecule has 0 amide bonds. The second kappa shape index (κ2) is 14.4. The molecule has 5 aromatic rings. The van der Waals surface area contributed by atoms with Crippen molar-refractivity contribution in [2.75, 3.05) is 6.61 Å². The fourth-order valence-corrected chi connectivity index (χ4v) is 12.9. The van der Waals surface area contributed by atoms with Gasteiger partial charge in [0.2, 0.25) is 0 Å². The van der Waals surface area contributed by atoms with Crippen LogP contribution in [0.15, 0.2) is 163 Å². The lowest BCUT2D eigenvalue weighted by atomic mass is 9.75. The SMILES string of the molecule is CC1(C)O[C@@H]2[C@H](O1)C(COC(c1ccccc1)(c1ccccc1)c1ccccc1)=C(B(O)O)[C@H]2O[Si](c1ccccc1)(c1ccccc1)C(C)(C)C. The summed E-state index contributed by atoms with van der Waals surface area (Å²) in [6.07, 6.45) is -2.13. The summed E-state index contributed by atoms with van der Waals surface area (Å²) in [6, 6.07) is 51.2. The molecule has 0 spiro atoms. The van der Waals surface area contributed by atoms with Crippen molar-refractivity contribution in [1.82, 2.24) is 0 Å². The number of ether oxygens (including phenoxy) is 3. The van der Waals surface area contributed by atoms with Crippen molar-refractivity contribution in [2.45, 2.75) is 69.4 Å². The van der Waals surface area contributed by atoms with Gasteiger partial charge in [0.1, 0.15) is 17.8 Å². The molecule has 0 saturated carbocycles. The summed E-state index contributed by atoms with van der Waals surface area (Å²) in [7, 11) is -5.03. The van der Waals surface area contributed by atoms with Crippen molar-refractivity contribution in [3.63, 3.8) is 0 Å². The Labute approximate surface area is 309 Å². The Morgan fingerprint density at radius 2 is 1.04 bits per heavy atom. The molecule has 0 bridgehead atoms. The van der Waals surface area contributed by atoms with Gasteiger partial charge in [-0.15, -0.1) is 0 Å². The summed E-state index contributed by atoms with van der Waals surface area (Å²) in [4.78, 5) is 0. The molecule has 0 unspecified atom stereocenters. The largest absolute Gasteiger partial charge is 0.487 e. The van der Waals surface area contributed by atoms with Crippen LogP contribution >= 0.6 is 0 Å². The Kier molecular flexibility index (Phi) is 10.0. The third-order valence-corrected chi connectivity index (χ3v) is 15.4. The van der Waals surface area contributed by atoms with E-state index in [0.717, 1.165) is 27.1 Å². The number of hydrogen-bond acceptors (Lipinski definition) is 6. The lowest BCUT2D eigenvalue weighted by Gasteiger charge is -2.45. The standard InChI is InChI=1S/C44H47BO6Si/c1-42(2,3)52(35-27-17-9-18-28-35,36-29-19-10-20-30-36)51-40-38(45(46)47)37(39-41(40)50-43(4,5)49-39)31-48-44(32-21-11-6-12-22-32,33-23-13-7-14-24-33)34-25-15-8-16-26-34/h6-30,39-41,46-47H,31H2,1-5H3/t39-,40-,41-/m1/s1. The normalized spacial score (nSPS) is 20.2. The third-order valence-electron chi connectivity index (χ3n) is 10.4. The Balaban J connectivity index is 1.41. The fourth-order valence-electron chi connectivity index (χ4n) is 8.25. The van der Waals surface area contributed by atoms with E-state index in [1.165, 1.54) is 0 Å². The molecule has 52 heavy (non-hydrogen) atoms. The van der Waals surface area contributed by atoms with Gasteiger partial charge < -0.3 is 28.7 Å². The quantitative estimate of drug-likeness (QED) is 0.116. The number of benzene rings is 5. The molecule has 1 heterocycles. The molecule has 0 aromatic heterocycles. The molecule has 0 radical (unpaired) electrons. The van der Waals surface area contributed by atoms with Crippen LogP contribution in [-0.4, -0.2) is 56.2 Å². The van der Waals surface area contributed by atoms with E-state index in [9.17, 15) is 10.0 Å². The molecule has 266 valence electrons. The summed E-state index contributed by atoms with van der Waals surface area (Å²) in [6.45, 7) is 10.4. The van der Waals surface area contributed by atoms with Crippen LogP contribution in [0.2, 0.25) is 5.04 Å². The zero-order chi connectivity index (χ0) is 36.6. The molecule has 1 fully saturated rings. The highest BCUT2D eigenvalue weighted by Gasteiger charge is 2.60. The van der Waals surface area contributed by atoms with E-state index in [-0.39, 0.29) is 11.6 Å². The van der Waals surface area contributed by atoms with Crippen LogP contribution in [0, 0.1) is 0 Å². The van der Waals surface area contributed by atoms with Gasteiger partial charge in [0.25, 0.3) is 8.32 Å². The zero-order valence-corrected chi connectivity index (χ0v) is 31.5. The van der Waals surface area contributed by atoms with Crippen LogP contribution < -0.4 is 10.4 Å². The summed E-state index contributed by atoms with van der Waals surface area (Å²) < 4.78 is 28.2. The van der Waals surface area contributed by atoms with E-state index in [4.69, 9.17) is 18.6 Å². The highest BCUT2D eigenvalue weighted by atomic mass is 28.4. The second-order valence-corrected chi connectivity index (χ2v) is 19.4. The van der Waals surface area contributed by atoms with Crippen molar-refractivity contribution in [1.29, 1.82) is 0 Å². The lowest BCUT2D eigenvalue weighted by molar-refractivity contribution is -0.153. The van der Waals surface area contributed by atoms with Crippen molar-refractivity contribution >= 4 is 25.8 Å². The Hall–Kier alpha value is -4.12. The van der Waals surface area contributed by atoms with Gasteiger partial charge in [-0.05, 0) is 57.0 Å². The maximum absolute atomic E-state index is 11.4. The molecule has 5 aromatic carbocycles. The number of rotatable bonds is 11. The van der Waals surface area contributed by atoms with Gasteiger partial charge >= 0.3 is 7.12 Å². The minimum Gasteiger partial charge on any atom is -0.423 e. The van der Waals surface area contributed by atoms with Crippen molar-refractivity contribution in [2.24, 2.45) is 0 Å². The zero-order valence-electron chi connectivity index (χ0n) is 30.5. The summed E-state index contributed by atoms with van der Waals surface area (Å²) in [5.41, 5.74) is 2.72. The smallest absolute Gasteiger partial charge is 0.423 e. The predicted octanol–water partition coefficient (Wildman–Crippen LogP) is 6.78. The molecule has 6 nitrogen and oxygen atoms in total. The molecule has 1 saturated heterocycles. The molecule has 7 rings (SSSR count). The molecule has 1 aliphatic heterocycles. The molecule has 2 aliphatic rings. The highest BCUT2D eigenvalue weighted by molar-refractivity contribution is 6.99. The van der Waals surface area contributed by atoms with Crippen molar-refractivity contribution < 1.29 is 28.7 Å². The molecular formula is C44H47BO6Si. The van der Waals surface area contributed by atoms with Crippen LogP contribution in [0.1, 0.15) is 51.3 Å². The van der Waals surface area contributed by atoms with Crippen molar-refractivity contribution in [3.05, 3.63) is 179 Å². The first-order chi connectivity index (χ1) is 25.0. The first kappa shape index (κ1) is 36.2. The first-order valence-corrected chi connectivity index (χ1v) is 19.9. The van der Waals surface area contributed by atoms with Crippen LogP contribution in [0.3, 0.4) is 0 Å². The molecule has 3 atom stereocenters. The van der Waals surface area contributed by atoms with Gasteiger partial charge in [0.15, 0.2) is 5.79 Å². The van der Waals surface area contributed by atoms with Gasteiger partial charge in [-0.1, -0.05) is 172 Å². The first-order valence-electron chi connectivity index (χ1n) is 18.0. The average molecular weight is 711 g/mol. The summed E-state index contributed by atoms with van der Waals surface area (Å²) in [5.74, 6) is -0.949. The third kappa shape index (κ3) is 6.43. The Bertz CT molecular complexity index is 1830. The van der Waals surface area contributed by atoms with Gasteiger partial charge in [-0.3, -0.25) is 0 Å². The van der Waals surface area contributed by atoms with E-state index < -0.39 is 45.1 Å². The number of fused-ring (bicyclic) bond motifs is 1. The van der Waals surface area contributed by atoms with Crippen LogP contribution in [0.5, 0.6) is 0 Å². The van der Waals surface area contributed by atoms with Gasteiger partial charge in [0, 0.05) is 0 Å². The van der Waals surface area contributed by atoms with Crippen LogP contribution in [0.25, 0.3) is 0 Å². The van der Waals surface area contributed by atoms with Gasteiger partial charge in [0.05, 0.1) is 12.7 Å². The Morgan fingerprint density at radius 3 is 1.42 bits per heavy atom. The topological polar surface area (TPSA) is 77.4 Å². The Morgan fingerprint density at radius 1 is 0.635 bits per heavy atom. The van der Waals surface area contributed by atoms with E-state index in [1.807, 2.05) is 105 Å². The maximum Gasteiger partial charge on any atom is 0.487 e. The lowest BCUT2D eigenvalue weighted by Crippen LogP contribution is -2.68. The van der Waals surface area contributed by atoms with Gasteiger partial charge in [-0.25, -0.2) is 0 Å². The molecular weight excluding hydrogens is 663 g/mol. The minimum absolute atomic E-state index is 0.0207. The van der Waals surface area contributed by atoms with Gasteiger partial charge in [-0.2, -0.15) is 0 Å². The minimum atomic E-state index is -3.19. The van der Waals surface area contributed by atoms with Crippen LogP contribution in [0.4, 0.5) is 0 Å². The van der Waals surface area contributed by atoms with Crippen LogP contribution in [-0.2, 0) is 24.2 Å². The van der Waals surface area contributed by atoms with E-state index >= 15 is 0 Å². The van der Waals surface area contributed by atoms with E-state index in [2.05, 4.69) is 81.4 Å². The monoisotopic (exact) mass is 710 g/mol. The maximum atomic E-state index is 11.4.